The average Bonchev–Trinajstić information content (AvgIpc) is 3.35. The molecule has 2 heterocycles. The molecule has 30 heavy (non-hydrogen) atoms. The lowest BCUT2D eigenvalue weighted by molar-refractivity contribution is 0.0697. The van der Waals surface area contributed by atoms with Crippen molar-refractivity contribution in [3.05, 3.63) is 77.7 Å². The predicted octanol–water partition coefficient (Wildman–Crippen LogP) is 4.41. The second-order valence-corrected chi connectivity index (χ2v) is 8.18. The molecule has 0 amide bonds. The summed E-state index contributed by atoms with van der Waals surface area (Å²) in [6.45, 7) is 1.75. The summed E-state index contributed by atoms with van der Waals surface area (Å²) >= 11 is 0. The first kappa shape index (κ1) is 19.6. The Morgan fingerprint density at radius 1 is 1.10 bits per heavy atom. The van der Waals surface area contributed by atoms with E-state index in [0.29, 0.717) is 16.7 Å². The molecule has 0 spiro atoms. The normalized spacial score (nSPS) is 11.5. The summed E-state index contributed by atoms with van der Waals surface area (Å²) in [7, 11) is -3.96. The van der Waals surface area contributed by atoms with Crippen molar-refractivity contribution < 1.29 is 31.9 Å². The molecule has 0 saturated heterocycles. The molecule has 0 radical (unpaired) electrons. The minimum atomic E-state index is -3.96. The molecule has 0 unspecified atom stereocenters. The second kappa shape index (κ2) is 7.60. The van der Waals surface area contributed by atoms with Crippen molar-refractivity contribution in [1.82, 2.24) is 0 Å². The van der Waals surface area contributed by atoms with E-state index in [1.165, 1.54) is 24.5 Å². The van der Waals surface area contributed by atoms with Gasteiger partial charge in [-0.05, 0) is 48.9 Å². The van der Waals surface area contributed by atoms with E-state index in [0.717, 1.165) is 5.56 Å². The zero-order valence-corrected chi connectivity index (χ0v) is 16.6. The van der Waals surface area contributed by atoms with Crippen LogP contribution in [-0.2, 0) is 16.6 Å². The maximum Gasteiger partial charge on any atom is 0.335 e. The van der Waals surface area contributed by atoms with Gasteiger partial charge in [-0.15, -0.1) is 0 Å². The first-order chi connectivity index (χ1) is 14.3. The van der Waals surface area contributed by atoms with Gasteiger partial charge in [0.05, 0.1) is 17.5 Å². The number of rotatable bonds is 7. The predicted molar refractivity (Wildman–Crippen MR) is 108 cm³/mol. The van der Waals surface area contributed by atoms with Gasteiger partial charge in [0, 0.05) is 11.5 Å². The van der Waals surface area contributed by atoms with Crippen LogP contribution in [0.4, 0.5) is 5.69 Å². The molecule has 2 N–H and O–H groups in total. The first-order valence-corrected chi connectivity index (χ1v) is 10.4. The zero-order valence-electron chi connectivity index (χ0n) is 15.8. The van der Waals surface area contributed by atoms with E-state index in [9.17, 15) is 13.2 Å². The highest BCUT2D eigenvalue weighted by molar-refractivity contribution is 7.92. The van der Waals surface area contributed by atoms with E-state index in [1.54, 1.807) is 43.3 Å². The molecule has 0 fully saturated rings. The number of carbonyl (C=O) groups is 1. The van der Waals surface area contributed by atoms with Gasteiger partial charge in [0.25, 0.3) is 10.0 Å². The van der Waals surface area contributed by atoms with Crippen molar-refractivity contribution >= 4 is 32.6 Å². The van der Waals surface area contributed by atoms with Gasteiger partial charge >= 0.3 is 5.97 Å². The summed E-state index contributed by atoms with van der Waals surface area (Å²) in [6, 6.07) is 14.0. The third-order valence-corrected chi connectivity index (χ3v) is 5.61. The third kappa shape index (κ3) is 4.01. The Morgan fingerprint density at radius 2 is 1.87 bits per heavy atom. The van der Waals surface area contributed by atoms with Crippen molar-refractivity contribution in [3.8, 4) is 5.75 Å². The van der Waals surface area contributed by atoms with Gasteiger partial charge in [0.15, 0.2) is 0 Å². The number of sulfonamides is 1. The zero-order chi connectivity index (χ0) is 21.3. The van der Waals surface area contributed by atoms with Crippen LogP contribution in [0.5, 0.6) is 5.75 Å². The minimum Gasteiger partial charge on any atom is -0.487 e. The molecule has 9 heteroatoms. The summed E-state index contributed by atoms with van der Waals surface area (Å²) in [6.07, 6.45) is 1.49. The highest BCUT2D eigenvalue weighted by Gasteiger charge is 2.21. The second-order valence-electron chi connectivity index (χ2n) is 6.57. The van der Waals surface area contributed by atoms with E-state index in [1.807, 2.05) is 0 Å². The number of anilines is 1. The van der Waals surface area contributed by atoms with E-state index >= 15 is 0 Å². The van der Waals surface area contributed by atoms with Gasteiger partial charge in [-0.3, -0.25) is 4.72 Å². The van der Waals surface area contributed by atoms with Crippen molar-refractivity contribution in [2.75, 3.05) is 4.72 Å². The Balaban J connectivity index is 1.62. The van der Waals surface area contributed by atoms with Gasteiger partial charge in [0.2, 0.25) is 5.09 Å². The van der Waals surface area contributed by atoms with E-state index < -0.39 is 16.0 Å². The van der Waals surface area contributed by atoms with Crippen molar-refractivity contribution in [1.29, 1.82) is 0 Å². The van der Waals surface area contributed by atoms with Crippen LogP contribution in [0.2, 0.25) is 0 Å². The van der Waals surface area contributed by atoms with Crippen LogP contribution in [-0.4, -0.2) is 19.5 Å². The number of ether oxygens (including phenoxy) is 1. The van der Waals surface area contributed by atoms with Crippen molar-refractivity contribution in [2.45, 2.75) is 18.6 Å². The summed E-state index contributed by atoms with van der Waals surface area (Å²) in [5, 5.41) is 9.48. The lowest BCUT2D eigenvalue weighted by atomic mass is 10.1. The number of hydrogen-bond acceptors (Lipinski definition) is 6. The molecule has 0 atom stereocenters. The maximum absolute atomic E-state index is 12.7. The van der Waals surface area contributed by atoms with E-state index in [4.69, 9.17) is 18.7 Å². The van der Waals surface area contributed by atoms with Gasteiger partial charge in [-0.25, -0.2) is 4.79 Å². The Labute approximate surface area is 171 Å². The number of aromatic carboxylic acids is 1. The molecule has 0 aliphatic heterocycles. The summed E-state index contributed by atoms with van der Waals surface area (Å²) in [5.74, 6) is -0.288. The van der Waals surface area contributed by atoms with Crippen LogP contribution in [0.15, 0.2) is 74.8 Å². The molecule has 0 bridgehead atoms. The van der Waals surface area contributed by atoms with Gasteiger partial charge in [-0.2, -0.15) is 8.42 Å². The fourth-order valence-corrected chi connectivity index (χ4v) is 3.88. The van der Waals surface area contributed by atoms with E-state index in [-0.39, 0.29) is 28.7 Å². The number of furan rings is 2. The average molecular weight is 427 g/mol. The Bertz CT molecular complexity index is 1320. The lowest BCUT2D eigenvalue weighted by Crippen LogP contribution is -2.13. The molecule has 0 aliphatic rings. The van der Waals surface area contributed by atoms with Gasteiger partial charge in [0.1, 0.15) is 23.7 Å². The van der Waals surface area contributed by atoms with Crippen LogP contribution >= 0.6 is 0 Å². The number of hydrogen-bond donors (Lipinski definition) is 2. The number of carboxylic acid groups (broad SMARTS) is 1. The van der Waals surface area contributed by atoms with Gasteiger partial charge < -0.3 is 18.7 Å². The maximum atomic E-state index is 12.7. The number of fused-ring (bicyclic) bond motifs is 1. The SMILES string of the molecule is Cc1ccc(S(=O)(=O)Nc2cc3ccoc3cc2OCc2ccc(C(=O)O)cc2)o1. The molecule has 2 aromatic heterocycles. The molecule has 154 valence electrons. The number of carboxylic acids is 1. The molecule has 8 nitrogen and oxygen atoms in total. The summed E-state index contributed by atoms with van der Waals surface area (Å²) in [5.41, 5.74) is 1.64. The molecule has 4 rings (SSSR count). The third-order valence-electron chi connectivity index (χ3n) is 4.37. The minimum absolute atomic E-state index is 0.0979. The Hall–Kier alpha value is -3.72. The largest absolute Gasteiger partial charge is 0.487 e. The highest BCUT2D eigenvalue weighted by Crippen LogP contribution is 2.33. The number of benzene rings is 2. The van der Waals surface area contributed by atoms with Crippen LogP contribution < -0.4 is 9.46 Å². The molecule has 0 aliphatic carbocycles. The molecule has 4 aromatic rings. The number of nitrogens with one attached hydrogen (secondary N) is 1. The summed E-state index contributed by atoms with van der Waals surface area (Å²) in [4.78, 5) is 11.0. The van der Waals surface area contributed by atoms with E-state index in [2.05, 4.69) is 4.72 Å². The topological polar surface area (TPSA) is 119 Å². The quantitative estimate of drug-likeness (QED) is 0.448. The smallest absolute Gasteiger partial charge is 0.335 e. The van der Waals surface area contributed by atoms with Crippen molar-refractivity contribution in [3.63, 3.8) is 0 Å². The Kier molecular flexibility index (Phi) is 4.96. The molecular weight excluding hydrogens is 410 g/mol. The van der Waals surface area contributed by atoms with Crippen LogP contribution in [0.1, 0.15) is 21.7 Å². The first-order valence-electron chi connectivity index (χ1n) is 8.87. The van der Waals surface area contributed by atoms with Crippen LogP contribution in [0.3, 0.4) is 0 Å². The lowest BCUT2D eigenvalue weighted by Gasteiger charge is -2.13. The fraction of sp³-hybridized carbons (Fsp3) is 0.0952. The van der Waals surface area contributed by atoms with Gasteiger partial charge in [-0.1, -0.05) is 12.1 Å². The Morgan fingerprint density at radius 3 is 2.53 bits per heavy atom. The van der Waals surface area contributed by atoms with Crippen LogP contribution in [0.25, 0.3) is 11.0 Å². The fourth-order valence-electron chi connectivity index (χ4n) is 2.85. The standard InChI is InChI=1S/C21H17NO7S/c1-13-2-7-20(29-13)30(25,26)22-17-10-16-8-9-27-18(16)11-19(17)28-12-14-3-5-15(6-4-14)21(23)24/h2-11,22H,12H2,1H3,(H,23,24). The molecule has 2 aromatic carbocycles. The van der Waals surface area contributed by atoms with Crippen molar-refractivity contribution in [2.24, 2.45) is 0 Å². The van der Waals surface area contributed by atoms with Crippen LogP contribution in [0, 0.1) is 6.92 Å². The molecular formula is C21H17NO7S. The summed E-state index contributed by atoms with van der Waals surface area (Å²) < 4.78 is 44.3. The molecule has 0 saturated carbocycles. The monoisotopic (exact) mass is 427 g/mol. The highest BCUT2D eigenvalue weighted by atomic mass is 32.2. The number of aryl methyl sites for hydroxylation is 1.